The molecule has 0 saturated heterocycles. The van der Waals surface area contributed by atoms with Crippen LogP contribution >= 0.6 is 0 Å². The Morgan fingerprint density at radius 2 is 1.77 bits per heavy atom. The van der Waals surface area contributed by atoms with E-state index in [9.17, 15) is 18.0 Å². The minimum atomic E-state index is -4.77. The molecule has 1 N–H and O–H groups in total. The molecule has 2 aromatic carbocycles. The number of aromatic amines is 1. The lowest BCUT2D eigenvalue weighted by Gasteiger charge is -2.17. The number of rotatable bonds is 7. The van der Waals surface area contributed by atoms with Gasteiger partial charge in [0.05, 0.1) is 14.2 Å². The number of hydrogen-bond donors (Lipinski definition) is 1. The number of amides is 1. The van der Waals surface area contributed by atoms with E-state index in [1.165, 1.54) is 23.1 Å². The predicted molar refractivity (Wildman–Crippen MR) is 105 cm³/mol. The van der Waals surface area contributed by atoms with E-state index < -0.39 is 6.36 Å². The number of carbonyl (C=O) groups excluding carboxylic acids is 1. The number of ether oxygens (including phenoxy) is 3. The number of fused-ring (bicyclic) bond motifs is 1. The van der Waals surface area contributed by atoms with Crippen molar-refractivity contribution in [3.05, 3.63) is 53.7 Å². The molecule has 0 radical (unpaired) electrons. The number of alkyl halides is 3. The van der Waals surface area contributed by atoms with Crippen LogP contribution in [0.5, 0.6) is 17.2 Å². The Morgan fingerprint density at radius 1 is 1.03 bits per heavy atom. The summed E-state index contributed by atoms with van der Waals surface area (Å²) in [6.45, 7) is 0.437. The molecule has 0 bridgehead atoms. The Labute approximate surface area is 171 Å². The van der Waals surface area contributed by atoms with Gasteiger partial charge in [-0.3, -0.25) is 4.79 Å². The van der Waals surface area contributed by atoms with Crippen LogP contribution in [0.2, 0.25) is 0 Å². The molecule has 0 spiro atoms. The zero-order chi connectivity index (χ0) is 21.9. The number of benzene rings is 2. The van der Waals surface area contributed by atoms with Gasteiger partial charge in [-0.15, -0.1) is 13.2 Å². The van der Waals surface area contributed by atoms with Crippen molar-refractivity contribution in [2.45, 2.75) is 12.8 Å². The van der Waals surface area contributed by atoms with Crippen molar-refractivity contribution >= 4 is 16.8 Å². The first-order chi connectivity index (χ1) is 14.2. The SMILES string of the molecule is COc1ccc(CCN(C)C(=O)c2cc3ccc(OC(F)(F)F)cc3[nH]2)cc1OC. The largest absolute Gasteiger partial charge is 0.573 e. The van der Waals surface area contributed by atoms with E-state index in [2.05, 4.69) is 9.72 Å². The highest BCUT2D eigenvalue weighted by atomic mass is 19.4. The molecule has 1 aromatic heterocycles. The van der Waals surface area contributed by atoms with Gasteiger partial charge >= 0.3 is 6.36 Å². The van der Waals surface area contributed by atoms with E-state index >= 15 is 0 Å². The smallest absolute Gasteiger partial charge is 0.493 e. The van der Waals surface area contributed by atoms with Crippen LogP contribution in [0, 0.1) is 0 Å². The van der Waals surface area contributed by atoms with Crippen LogP contribution in [0.4, 0.5) is 13.2 Å². The maximum absolute atomic E-state index is 12.7. The van der Waals surface area contributed by atoms with Gasteiger partial charge in [-0.2, -0.15) is 0 Å². The molecule has 0 aliphatic heterocycles. The molecule has 30 heavy (non-hydrogen) atoms. The van der Waals surface area contributed by atoms with Gasteiger partial charge in [0.1, 0.15) is 11.4 Å². The average molecular weight is 422 g/mol. The molecule has 0 aliphatic rings. The molecular weight excluding hydrogens is 401 g/mol. The number of H-pyrrole nitrogens is 1. The highest BCUT2D eigenvalue weighted by Crippen LogP contribution is 2.28. The van der Waals surface area contributed by atoms with E-state index in [-0.39, 0.29) is 17.4 Å². The number of halogens is 3. The summed E-state index contributed by atoms with van der Waals surface area (Å²) in [4.78, 5) is 17.1. The number of carbonyl (C=O) groups is 1. The van der Waals surface area contributed by atoms with Gasteiger partial charge < -0.3 is 24.1 Å². The van der Waals surface area contributed by atoms with Crippen molar-refractivity contribution in [2.75, 3.05) is 27.8 Å². The third-order valence-corrected chi connectivity index (χ3v) is 4.59. The molecule has 6 nitrogen and oxygen atoms in total. The number of nitrogens with zero attached hydrogens (tertiary/aromatic N) is 1. The Bertz CT molecular complexity index is 1050. The summed E-state index contributed by atoms with van der Waals surface area (Å²) in [7, 11) is 4.77. The molecule has 3 rings (SSSR count). The molecule has 9 heteroatoms. The second-order valence-electron chi connectivity index (χ2n) is 6.65. The lowest BCUT2D eigenvalue weighted by molar-refractivity contribution is -0.274. The number of hydrogen-bond acceptors (Lipinski definition) is 4. The van der Waals surface area contributed by atoms with Gasteiger partial charge in [0.2, 0.25) is 0 Å². The fourth-order valence-electron chi connectivity index (χ4n) is 3.06. The number of likely N-dealkylation sites (N-methyl/N-ethyl adjacent to an activating group) is 1. The molecule has 0 atom stereocenters. The van der Waals surface area contributed by atoms with Crippen LogP contribution in [-0.4, -0.2) is 50.0 Å². The summed E-state index contributed by atoms with van der Waals surface area (Å²) in [5.41, 5.74) is 1.63. The van der Waals surface area contributed by atoms with Crippen molar-refractivity contribution < 1.29 is 32.2 Å². The van der Waals surface area contributed by atoms with Crippen molar-refractivity contribution in [1.82, 2.24) is 9.88 Å². The fraction of sp³-hybridized carbons (Fsp3) is 0.286. The van der Waals surface area contributed by atoms with E-state index in [1.807, 2.05) is 12.1 Å². The number of aromatic nitrogens is 1. The highest BCUT2D eigenvalue weighted by molar-refractivity contribution is 5.98. The zero-order valence-electron chi connectivity index (χ0n) is 16.7. The van der Waals surface area contributed by atoms with Gasteiger partial charge in [0.25, 0.3) is 5.91 Å². The summed E-state index contributed by atoms with van der Waals surface area (Å²) in [5, 5.41) is 0.612. The van der Waals surface area contributed by atoms with Crippen LogP contribution in [0.25, 0.3) is 10.9 Å². The fourth-order valence-corrected chi connectivity index (χ4v) is 3.06. The van der Waals surface area contributed by atoms with Crippen LogP contribution in [0.1, 0.15) is 16.1 Å². The Balaban J connectivity index is 1.69. The minimum Gasteiger partial charge on any atom is -0.493 e. The first kappa shape index (κ1) is 21.4. The standard InChI is InChI=1S/C21H21F3N2O4/c1-26(9-8-13-4-7-18(28-2)19(10-13)29-3)20(27)17-11-14-5-6-15(12-16(14)25-17)30-21(22,23)24/h4-7,10-12,25H,8-9H2,1-3H3. The van der Waals surface area contributed by atoms with E-state index in [4.69, 9.17) is 9.47 Å². The van der Waals surface area contributed by atoms with Gasteiger partial charge in [-0.1, -0.05) is 6.07 Å². The highest BCUT2D eigenvalue weighted by Gasteiger charge is 2.31. The third kappa shape index (κ3) is 4.97. The molecular formula is C21H21F3N2O4. The van der Waals surface area contributed by atoms with Crippen molar-refractivity contribution in [3.63, 3.8) is 0 Å². The quantitative estimate of drug-likeness (QED) is 0.613. The molecule has 1 heterocycles. The monoisotopic (exact) mass is 422 g/mol. The third-order valence-electron chi connectivity index (χ3n) is 4.59. The molecule has 0 unspecified atom stereocenters. The lowest BCUT2D eigenvalue weighted by atomic mass is 10.1. The van der Waals surface area contributed by atoms with Gasteiger partial charge in [-0.05, 0) is 42.3 Å². The molecule has 160 valence electrons. The van der Waals surface area contributed by atoms with Crippen LogP contribution in [0.3, 0.4) is 0 Å². The second kappa shape index (κ2) is 8.56. The first-order valence-electron chi connectivity index (χ1n) is 9.05. The summed E-state index contributed by atoms with van der Waals surface area (Å²) < 4.78 is 51.6. The molecule has 0 aliphatic carbocycles. The van der Waals surface area contributed by atoms with E-state index in [0.29, 0.717) is 35.4 Å². The van der Waals surface area contributed by atoms with Crippen LogP contribution in [-0.2, 0) is 6.42 Å². The molecule has 0 fully saturated rings. The average Bonchev–Trinajstić information content (AvgIpc) is 3.13. The Morgan fingerprint density at radius 3 is 2.43 bits per heavy atom. The Hall–Kier alpha value is -3.36. The summed E-state index contributed by atoms with van der Waals surface area (Å²) >= 11 is 0. The van der Waals surface area contributed by atoms with E-state index in [1.54, 1.807) is 33.4 Å². The second-order valence-corrected chi connectivity index (χ2v) is 6.65. The normalized spacial score (nSPS) is 11.4. The van der Waals surface area contributed by atoms with Crippen molar-refractivity contribution in [1.29, 1.82) is 0 Å². The minimum absolute atomic E-state index is 0.273. The van der Waals surface area contributed by atoms with Gasteiger partial charge in [0, 0.05) is 30.6 Å². The lowest BCUT2D eigenvalue weighted by Crippen LogP contribution is -2.29. The zero-order valence-corrected chi connectivity index (χ0v) is 16.7. The summed E-state index contributed by atoms with van der Waals surface area (Å²) in [6.07, 6.45) is -4.18. The maximum atomic E-state index is 12.7. The topological polar surface area (TPSA) is 63.8 Å². The number of methoxy groups -OCH3 is 2. The molecule has 3 aromatic rings. The summed E-state index contributed by atoms with van der Waals surface area (Å²) in [6, 6.07) is 11.0. The van der Waals surface area contributed by atoms with Crippen LogP contribution in [0.15, 0.2) is 42.5 Å². The van der Waals surface area contributed by atoms with Gasteiger partial charge in [0.15, 0.2) is 11.5 Å². The molecule has 1 amide bonds. The Kier molecular flexibility index (Phi) is 6.09. The predicted octanol–water partition coefficient (Wildman–Crippen LogP) is 4.40. The molecule has 0 saturated carbocycles. The van der Waals surface area contributed by atoms with Crippen molar-refractivity contribution in [2.24, 2.45) is 0 Å². The summed E-state index contributed by atoms with van der Waals surface area (Å²) in [5.74, 6) is 0.608. The van der Waals surface area contributed by atoms with Gasteiger partial charge in [-0.25, -0.2) is 0 Å². The number of nitrogens with one attached hydrogen (secondary N) is 1. The maximum Gasteiger partial charge on any atom is 0.573 e. The van der Waals surface area contributed by atoms with E-state index in [0.717, 1.165) is 5.56 Å². The first-order valence-corrected chi connectivity index (χ1v) is 9.05. The van der Waals surface area contributed by atoms with Crippen molar-refractivity contribution in [3.8, 4) is 17.2 Å². The van der Waals surface area contributed by atoms with Crippen LogP contribution < -0.4 is 14.2 Å².